The minimum atomic E-state index is -0.701. The Morgan fingerprint density at radius 1 is 1.24 bits per heavy atom. The van der Waals surface area contributed by atoms with Gasteiger partial charge in [-0.15, -0.1) is 0 Å². The van der Waals surface area contributed by atoms with Crippen LogP contribution >= 0.6 is 12.2 Å². The number of hydrogen-bond donors (Lipinski definition) is 2. The van der Waals surface area contributed by atoms with Crippen LogP contribution in [0.3, 0.4) is 0 Å². The first kappa shape index (κ1) is 12.6. The molecule has 1 aliphatic carbocycles. The van der Waals surface area contributed by atoms with Gasteiger partial charge in [0.1, 0.15) is 0 Å². The highest BCUT2D eigenvalue weighted by Crippen LogP contribution is 2.20. The summed E-state index contributed by atoms with van der Waals surface area (Å²) >= 11 is 5.36. The molecule has 0 bridgehead atoms. The highest BCUT2D eigenvalue weighted by atomic mass is 32.1. The van der Waals surface area contributed by atoms with Gasteiger partial charge in [0.05, 0.1) is 5.92 Å². The number of nitrogens with one attached hydrogen (secondary N) is 1. The monoisotopic (exact) mass is 256 g/mol. The van der Waals surface area contributed by atoms with Crippen molar-refractivity contribution in [1.82, 2.24) is 10.2 Å². The van der Waals surface area contributed by atoms with E-state index >= 15 is 0 Å². The minimum absolute atomic E-state index is 0.249. The Balaban J connectivity index is 1.78. The number of thiocarbonyl (C=S) groups is 1. The Labute approximate surface area is 107 Å². The molecule has 0 spiro atoms. The lowest BCUT2D eigenvalue weighted by Gasteiger charge is -2.28. The molecule has 1 saturated carbocycles. The number of rotatable bonds is 2. The van der Waals surface area contributed by atoms with Crippen molar-refractivity contribution in [3.05, 3.63) is 0 Å². The van der Waals surface area contributed by atoms with E-state index in [1.54, 1.807) is 0 Å². The second-order valence-electron chi connectivity index (χ2n) is 5.05. The molecule has 1 atom stereocenters. The number of nitrogens with zero attached hydrogens (tertiary/aromatic N) is 1. The van der Waals surface area contributed by atoms with Gasteiger partial charge in [0.25, 0.3) is 0 Å². The summed E-state index contributed by atoms with van der Waals surface area (Å²) in [5, 5.41) is 13.1. The third kappa shape index (κ3) is 3.31. The molecule has 0 radical (unpaired) electrons. The zero-order valence-corrected chi connectivity index (χ0v) is 10.8. The summed E-state index contributed by atoms with van der Waals surface area (Å²) < 4.78 is 0. The largest absolute Gasteiger partial charge is 0.481 e. The van der Waals surface area contributed by atoms with Gasteiger partial charge < -0.3 is 15.3 Å². The lowest BCUT2D eigenvalue weighted by atomic mass is 9.96. The number of carboxylic acids is 1. The lowest BCUT2D eigenvalue weighted by molar-refractivity contribution is -0.141. The standard InChI is InChI=1S/C12H20N2O2S/c15-11(16)9-6-7-14(8-9)12(17)13-10-4-2-1-3-5-10/h9-10H,1-8H2,(H,13,17)(H,15,16). The molecule has 17 heavy (non-hydrogen) atoms. The summed E-state index contributed by atoms with van der Waals surface area (Å²) in [5.41, 5.74) is 0. The maximum absolute atomic E-state index is 10.9. The summed E-state index contributed by atoms with van der Waals surface area (Å²) in [6.45, 7) is 1.34. The van der Waals surface area contributed by atoms with Crippen LogP contribution in [0.5, 0.6) is 0 Å². The van der Waals surface area contributed by atoms with Gasteiger partial charge >= 0.3 is 5.97 Å². The van der Waals surface area contributed by atoms with Gasteiger partial charge in [-0.3, -0.25) is 4.79 Å². The fraction of sp³-hybridized carbons (Fsp3) is 0.833. The van der Waals surface area contributed by atoms with Gasteiger partial charge in [0.2, 0.25) is 0 Å². The Morgan fingerprint density at radius 3 is 2.53 bits per heavy atom. The number of hydrogen-bond acceptors (Lipinski definition) is 2. The molecule has 96 valence electrons. The zero-order chi connectivity index (χ0) is 12.3. The molecule has 5 heteroatoms. The molecule has 4 nitrogen and oxygen atoms in total. The van der Waals surface area contributed by atoms with Crippen LogP contribution in [0.4, 0.5) is 0 Å². The maximum Gasteiger partial charge on any atom is 0.308 e. The van der Waals surface area contributed by atoms with Crippen molar-refractivity contribution in [2.24, 2.45) is 5.92 Å². The van der Waals surface area contributed by atoms with Crippen molar-refractivity contribution in [1.29, 1.82) is 0 Å². The number of carbonyl (C=O) groups is 1. The van der Waals surface area contributed by atoms with E-state index in [2.05, 4.69) is 5.32 Å². The van der Waals surface area contributed by atoms with Crippen LogP contribution in [0.15, 0.2) is 0 Å². The molecule has 1 aliphatic heterocycles. The fourth-order valence-electron chi connectivity index (χ4n) is 2.66. The molecule has 0 aromatic carbocycles. The average molecular weight is 256 g/mol. The molecule has 2 aliphatic rings. The van der Waals surface area contributed by atoms with Gasteiger partial charge in [0.15, 0.2) is 5.11 Å². The average Bonchev–Trinajstić information content (AvgIpc) is 2.79. The van der Waals surface area contributed by atoms with Crippen LogP contribution in [-0.2, 0) is 4.79 Å². The quantitative estimate of drug-likeness (QED) is 0.735. The molecule has 2 N–H and O–H groups in total. The van der Waals surface area contributed by atoms with Gasteiger partial charge in [0, 0.05) is 19.1 Å². The van der Waals surface area contributed by atoms with Crippen molar-refractivity contribution in [3.8, 4) is 0 Å². The minimum Gasteiger partial charge on any atom is -0.481 e. The highest BCUT2D eigenvalue weighted by Gasteiger charge is 2.29. The van der Waals surface area contributed by atoms with E-state index in [0.29, 0.717) is 19.0 Å². The SMILES string of the molecule is O=C(O)C1CCN(C(=S)NC2CCCCC2)C1. The molecule has 0 aromatic rings. The van der Waals surface area contributed by atoms with E-state index in [-0.39, 0.29) is 5.92 Å². The predicted octanol–water partition coefficient (Wildman–Crippen LogP) is 1.60. The van der Waals surface area contributed by atoms with Crippen molar-refractivity contribution in [2.45, 2.75) is 44.6 Å². The molecule has 2 fully saturated rings. The fourth-order valence-corrected chi connectivity index (χ4v) is 2.99. The van der Waals surface area contributed by atoms with Gasteiger partial charge in [-0.25, -0.2) is 0 Å². The van der Waals surface area contributed by atoms with Crippen LogP contribution < -0.4 is 5.32 Å². The molecule has 0 amide bonds. The Morgan fingerprint density at radius 2 is 1.94 bits per heavy atom. The van der Waals surface area contributed by atoms with Crippen LogP contribution in [0, 0.1) is 5.92 Å². The van der Waals surface area contributed by atoms with Crippen molar-refractivity contribution < 1.29 is 9.90 Å². The predicted molar refractivity (Wildman–Crippen MR) is 69.9 cm³/mol. The number of carboxylic acid groups (broad SMARTS) is 1. The van der Waals surface area contributed by atoms with Crippen LogP contribution in [0.2, 0.25) is 0 Å². The summed E-state index contributed by atoms with van der Waals surface area (Å²) in [4.78, 5) is 12.9. The second-order valence-corrected chi connectivity index (χ2v) is 5.44. The maximum atomic E-state index is 10.9. The van der Waals surface area contributed by atoms with Crippen molar-refractivity contribution in [3.63, 3.8) is 0 Å². The molecule has 1 unspecified atom stereocenters. The molecule has 1 saturated heterocycles. The topological polar surface area (TPSA) is 52.6 Å². The van der Waals surface area contributed by atoms with Crippen LogP contribution in [-0.4, -0.2) is 40.2 Å². The molecule has 0 aromatic heterocycles. The molecular weight excluding hydrogens is 236 g/mol. The van der Waals surface area contributed by atoms with E-state index in [0.717, 1.165) is 11.7 Å². The Bertz CT molecular complexity index is 303. The van der Waals surface area contributed by atoms with Gasteiger partial charge in [-0.2, -0.15) is 0 Å². The zero-order valence-electron chi connectivity index (χ0n) is 10.0. The first-order valence-corrected chi connectivity index (χ1v) is 6.86. The van der Waals surface area contributed by atoms with E-state index < -0.39 is 5.97 Å². The summed E-state index contributed by atoms with van der Waals surface area (Å²) in [5.74, 6) is -0.950. The van der Waals surface area contributed by atoms with E-state index in [1.807, 2.05) is 4.90 Å². The number of aliphatic carboxylic acids is 1. The van der Waals surface area contributed by atoms with Gasteiger partial charge in [-0.1, -0.05) is 19.3 Å². The lowest BCUT2D eigenvalue weighted by Crippen LogP contribution is -2.44. The second kappa shape index (κ2) is 5.67. The van der Waals surface area contributed by atoms with Crippen molar-refractivity contribution in [2.75, 3.05) is 13.1 Å². The Kier molecular flexibility index (Phi) is 4.20. The first-order valence-electron chi connectivity index (χ1n) is 6.45. The molecular formula is C12H20N2O2S. The van der Waals surface area contributed by atoms with Crippen LogP contribution in [0.1, 0.15) is 38.5 Å². The van der Waals surface area contributed by atoms with E-state index in [9.17, 15) is 4.79 Å². The molecule has 2 rings (SSSR count). The smallest absolute Gasteiger partial charge is 0.308 e. The normalized spacial score (nSPS) is 25.9. The first-order chi connectivity index (χ1) is 8.16. The summed E-state index contributed by atoms with van der Waals surface area (Å²) in [6.07, 6.45) is 6.97. The third-order valence-corrected chi connectivity index (χ3v) is 4.13. The summed E-state index contributed by atoms with van der Waals surface area (Å²) in [6, 6.07) is 0.500. The number of likely N-dealkylation sites (tertiary alicyclic amines) is 1. The molecule has 1 heterocycles. The summed E-state index contributed by atoms with van der Waals surface area (Å²) in [7, 11) is 0. The van der Waals surface area contributed by atoms with Crippen molar-refractivity contribution >= 4 is 23.3 Å². The third-order valence-electron chi connectivity index (χ3n) is 3.76. The van der Waals surface area contributed by atoms with E-state index in [4.69, 9.17) is 17.3 Å². The van der Waals surface area contributed by atoms with Gasteiger partial charge in [-0.05, 0) is 31.5 Å². The van der Waals surface area contributed by atoms with E-state index in [1.165, 1.54) is 32.1 Å². The Hall–Kier alpha value is -0.840. The highest BCUT2D eigenvalue weighted by molar-refractivity contribution is 7.80. The van der Waals surface area contributed by atoms with Crippen LogP contribution in [0.25, 0.3) is 0 Å².